The Kier molecular flexibility index (Phi) is 11.8. The second-order valence-electron chi connectivity index (χ2n) is 11.7. The van der Waals surface area contributed by atoms with E-state index in [0.29, 0.717) is 5.92 Å². The summed E-state index contributed by atoms with van der Waals surface area (Å²) in [6.45, 7) is 20.7. The van der Waals surface area contributed by atoms with Gasteiger partial charge in [-0.15, -0.1) is 0 Å². The van der Waals surface area contributed by atoms with E-state index in [1.165, 1.54) is 76.0 Å². The van der Waals surface area contributed by atoms with E-state index in [1.807, 2.05) is 0 Å². The summed E-state index contributed by atoms with van der Waals surface area (Å²) in [5.41, 5.74) is 12.5. The summed E-state index contributed by atoms with van der Waals surface area (Å²) in [7, 11) is 0. The predicted molar refractivity (Wildman–Crippen MR) is 191 cm³/mol. The Morgan fingerprint density at radius 1 is 0.721 bits per heavy atom. The molecule has 1 unspecified atom stereocenters. The standard InChI is InChI=1S/C40H53N3/c1-8-14-17-31(9-2)29-41-39-27-26-38(36-18-15-16-19-37(36)39)40(32-20-22-33(23-21-32)42(10-3)11-4)35-25-24-34(28-30(35)7)43(12-5)13-6/h15-16,18-28,31H,8-14,17,29H2,1-7H3. The topological polar surface area (TPSA) is 18.8 Å². The number of unbranched alkanes of at least 4 members (excludes halogenated alkanes) is 1. The molecule has 0 radical (unpaired) electrons. The SMILES string of the molecule is CCCCC(CC)CN=C1C=CC(=C(c2ccc(N(CC)CC)cc2)c2ccc(N(CC)CC)cc2C)c2ccccc21. The molecule has 43 heavy (non-hydrogen) atoms. The van der Waals surface area contributed by atoms with Gasteiger partial charge >= 0.3 is 0 Å². The van der Waals surface area contributed by atoms with Crippen molar-refractivity contribution in [3.8, 4) is 0 Å². The van der Waals surface area contributed by atoms with Crippen LogP contribution in [0.1, 0.15) is 95.0 Å². The molecule has 3 aromatic rings. The van der Waals surface area contributed by atoms with E-state index in [9.17, 15) is 0 Å². The maximum absolute atomic E-state index is 5.20. The molecule has 1 aliphatic carbocycles. The fourth-order valence-corrected chi connectivity index (χ4v) is 6.38. The largest absolute Gasteiger partial charge is 0.372 e. The van der Waals surface area contributed by atoms with Crippen LogP contribution in [0.15, 0.2) is 83.9 Å². The maximum Gasteiger partial charge on any atom is 0.0653 e. The molecule has 0 bridgehead atoms. The maximum atomic E-state index is 5.20. The first-order valence-electron chi connectivity index (χ1n) is 16.8. The summed E-state index contributed by atoms with van der Waals surface area (Å²) in [5, 5.41) is 0. The number of hydrogen-bond donors (Lipinski definition) is 0. The van der Waals surface area contributed by atoms with E-state index in [0.717, 1.165) is 38.4 Å². The van der Waals surface area contributed by atoms with E-state index >= 15 is 0 Å². The molecular formula is C40H53N3. The highest BCUT2D eigenvalue weighted by Crippen LogP contribution is 2.39. The molecule has 0 saturated heterocycles. The number of nitrogens with zero attached hydrogens (tertiary/aromatic N) is 3. The number of hydrogen-bond acceptors (Lipinski definition) is 3. The molecule has 0 N–H and O–H groups in total. The highest BCUT2D eigenvalue weighted by atomic mass is 15.1. The Morgan fingerprint density at radius 3 is 1.95 bits per heavy atom. The van der Waals surface area contributed by atoms with Gasteiger partial charge < -0.3 is 9.80 Å². The number of allylic oxidation sites excluding steroid dienone is 3. The van der Waals surface area contributed by atoms with Crippen molar-refractivity contribution >= 4 is 28.2 Å². The molecule has 0 saturated carbocycles. The van der Waals surface area contributed by atoms with E-state index in [-0.39, 0.29) is 0 Å². The van der Waals surface area contributed by atoms with Crippen molar-refractivity contribution in [3.63, 3.8) is 0 Å². The molecule has 228 valence electrons. The van der Waals surface area contributed by atoms with Crippen molar-refractivity contribution < 1.29 is 0 Å². The summed E-state index contributed by atoms with van der Waals surface area (Å²) in [5.74, 6) is 0.650. The molecule has 0 heterocycles. The van der Waals surface area contributed by atoms with Crippen LogP contribution in [0.5, 0.6) is 0 Å². The van der Waals surface area contributed by atoms with E-state index < -0.39 is 0 Å². The summed E-state index contributed by atoms with van der Waals surface area (Å²) in [4.78, 5) is 10.0. The third-order valence-corrected chi connectivity index (χ3v) is 9.13. The van der Waals surface area contributed by atoms with Crippen LogP contribution in [0.3, 0.4) is 0 Å². The third-order valence-electron chi connectivity index (χ3n) is 9.13. The zero-order valence-corrected chi connectivity index (χ0v) is 27.8. The molecule has 0 fully saturated rings. The number of aryl methyl sites for hydroxylation is 1. The van der Waals surface area contributed by atoms with Gasteiger partial charge in [0.2, 0.25) is 0 Å². The Balaban J connectivity index is 1.88. The number of aliphatic imine (C=N–C) groups is 1. The fourth-order valence-electron chi connectivity index (χ4n) is 6.38. The lowest BCUT2D eigenvalue weighted by molar-refractivity contribution is 0.463. The second-order valence-corrected chi connectivity index (χ2v) is 11.7. The highest BCUT2D eigenvalue weighted by molar-refractivity contribution is 6.19. The molecule has 1 atom stereocenters. The van der Waals surface area contributed by atoms with Crippen LogP contribution in [-0.4, -0.2) is 38.4 Å². The first-order chi connectivity index (χ1) is 21.0. The summed E-state index contributed by atoms with van der Waals surface area (Å²) >= 11 is 0. The lowest BCUT2D eigenvalue weighted by Gasteiger charge is -2.25. The van der Waals surface area contributed by atoms with Crippen LogP contribution in [-0.2, 0) is 0 Å². The van der Waals surface area contributed by atoms with Crippen molar-refractivity contribution in [1.82, 2.24) is 0 Å². The van der Waals surface area contributed by atoms with Crippen LogP contribution in [0.4, 0.5) is 11.4 Å². The summed E-state index contributed by atoms with van der Waals surface area (Å²) < 4.78 is 0. The van der Waals surface area contributed by atoms with Gasteiger partial charge in [-0.3, -0.25) is 4.99 Å². The van der Waals surface area contributed by atoms with Crippen molar-refractivity contribution in [2.75, 3.05) is 42.5 Å². The number of rotatable bonds is 14. The van der Waals surface area contributed by atoms with Gasteiger partial charge in [0, 0.05) is 49.7 Å². The monoisotopic (exact) mass is 575 g/mol. The van der Waals surface area contributed by atoms with Crippen LogP contribution < -0.4 is 9.80 Å². The van der Waals surface area contributed by atoms with Crippen LogP contribution in [0.2, 0.25) is 0 Å². The van der Waals surface area contributed by atoms with Gasteiger partial charge in [0.05, 0.1) is 5.71 Å². The molecule has 0 spiro atoms. The van der Waals surface area contributed by atoms with E-state index in [4.69, 9.17) is 4.99 Å². The van der Waals surface area contributed by atoms with Gasteiger partial charge in [0.25, 0.3) is 0 Å². The van der Waals surface area contributed by atoms with Gasteiger partial charge in [-0.25, -0.2) is 0 Å². The average molecular weight is 576 g/mol. The first-order valence-corrected chi connectivity index (χ1v) is 16.8. The van der Waals surface area contributed by atoms with Gasteiger partial charge in [0.1, 0.15) is 0 Å². The van der Waals surface area contributed by atoms with Crippen molar-refractivity contribution in [1.29, 1.82) is 0 Å². The quantitative estimate of drug-likeness (QED) is 0.190. The Morgan fingerprint density at radius 2 is 1.35 bits per heavy atom. The lowest BCUT2D eigenvalue weighted by Crippen LogP contribution is -2.22. The molecule has 1 aliphatic rings. The van der Waals surface area contributed by atoms with Crippen molar-refractivity contribution in [2.24, 2.45) is 10.9 Å². The van der Waals surface area contributed by atoms with Crippen LogP contribution in [0.25, 0.3) is 11.1 Å². The van der Waals surface area contributed by atoms with E-state index in [1.54, 1.807) is 0 Å². The second kappa shape index (κ2) is 15.8. The van der Waals surface area contributed by atoms with Crippen molar-refractivity contribution in [3.05, 3.63) is 107 Å². The van der Waals surface area contributed by atoms with E-state index in [2.05, 4.69) is 137 Å². The summed E-state index contributed by atoms with van der Waals surface area (Å²) in [6.07, 6.45) is 9.55. The van der Waals surface area contributed by atoms with Gasteiger partial charge in [0.15, 0.2) is 0 Å². The average Bonchev–Trinajstić information content (AvgIpc) is 3.04. The van der Waals surface area contributed by atoms with Crippen LogP contribution in [0, 0.1) is 12.8 Å². The van der Waals surface area contributed by atoms with Crippen LogP contribution >= 0.6 is 0 Å². The number of fused-ring (bicyclic) bond motifs is 1. The molecule has 4 rings (SSSR count). The van der Waals surface area contributed by atoms with Gasteiger partial charge in [-0.1, -0.05) is 81.7 Å². The molecule has 3 nitrogen and oxygen atoms in total. The molecule has 3 heteroatoms. The molecular weight excluding hydrogens is 522 g/mol. The lowest BCUT2D eigenvalue weighted by atomic mass is 9.82. The smallest absolute Gasteiger partial charge is 0.0653 e. The Hall–Kier alpha value is -3.59. The number of benzene rings is 3. The minimum Gasteiger partial charge on any atom is -0.372 e. The zero-order valence-electron chi connectivity index (χ0n) is 27.8. The van der Waals surface area contributed by atoms with Gasteiger partial charge in [-0.05, 0) is 111 Å². The first kappa shape index (κ1) is 32.3. The Bertz CT molecular complexity index is 1420. The zero-order chi connectivity index (χ0) is 30.8. The molecule has 0 aliphatic heterocycles. The Labute approximate surface area is 262 Å². The molecule has 0 amide bonds. The third kappa shape index (κ3) is 7.50. The molecule has 3 aromatic carbocycles. The minimum absolute atomic E-state index is 0.650. The van der Waals surface area contributed by atoms with Crippen molar-refractivity contribution in [2.45, 2.75) is 74.1 Å². The number of anilines is 2. The normalized spacial score (nSPS) is 15.4. The van der Waals surface area contributed by atoms with Gasteiger partial charge in [-0.2, -0.15) is 0 Å². The predicted octanol–water partition coefficient (Wildman–Crippen LogP) is 10.2. The highest BCUT2D eigenvalue weighted by Gasteiger charge is 2.22. The minimum atomic E-state index is 0.650. The molecule has 0 aromatic heterocycles. The summed E-state index contributed by atoms with van der Waals surface area (Å²) in [6, 6.07) is 25.1. The fraction of sp³-hybridized carbons (Fsp3) is 0.425.